The zero-order chi connectivity index (χ0) is 29.9. The number of nitrogens with one attached hydrogen (secondary N) is 2. The molecule has 2 aromatic rings. The van der Waals surface area contributed by atoms with Gasteiger partial charge in [0.05, 0.1) is 22.1 Å². The van der Waals surface area contributed by atoms with Gasteiger partial charge in [-0.1, -0.05) is 19.9 Å². The summed E-state index contributed by atoms with van der Waals surface area (Å²) in [5, 5.41) is 6.04. The number of likely N-dealkylation sites (tertiary alicyclic amines) is 1. The number of benzene rings is 2. The van der Waals surface area contributed by atoms with E-state index in [1.54, 1.807) is 6.07 Å². The van der Waals surface area contributed by atoms with Crippen LogP contribution in [0.1, 0.15) is 67.1 Å². The van der Waals surface area contributed by atoms with Crippen molar-refractivity contribution >= 4 is 27.3 Å². The lowest BCUT2D eigenvalue weighted by atomic mass is 9.98. The van der Waals surface area contributed by atoms with Gasteiger partial charge < -0.3 is 15.5 Å². The second kappa shape index (κ2) is 10.6. The van der Waals surface area contributed by atoms with Gasteiger partial charge in [0.15, 0.2) is 9.84 Å². The number of nitrogens with zero attached hydrogens (tertiary/aromatic N) is 1. The maximum Gasteiger partial charge on any atom is 0.416 e. The lowest BCUT2D eigenvalue weighted by Gasteiger charge is -2.30. The summed E-state index contributed by atoms with van der Waals surface area (Å²) in [6.45, 7) is 4.52. The maximum atomic E-state index is 14.9. The fraction of sp³-hybridized carbons (Fsp3) is 0.517. The SMILES string of the molecule is CC(C)CNc1ccc(S(C)(=O)=O)cc1C(=O)N1[C@@H](C(=O)N[C@@H](c2ccc(C(F)(F)F)cc2F)C2CC2)C[C@H]2C[C@H]21. The first-order chi connectivity index (χ1) is 19.1. The second-order valence-electron chi connectivity index (χ2n) is 11.8. The first-order valence-electron chi connectivity index (χ1n) is 13.7. The van der Waals surface area contributed by atoms with Gasteiger partial charge in [0.1, 0.15) is 11.9 Å². The Labute approximate surface area is 236 Å². The Morgan fingerprint density at radius 1 is 1.07 bits per heavy atom. The van der Waals surface area contributed by atoms with Crippen molar-refractivity contribution in [1.29, 1.82) is 0 Å². The van der Waals surface area contributed by atoms with E-state index in [0.717, 1.165) is 24.8 Å². The maximum absolute atomic E-state index is 14.9. The molecule has 0 bridgehead atoms. The Morgan fingerprint density at radius 3 is 2.37 bits per heavy atom. The van der Waals surface area contributed by atoms with Crippen molar-refractivity contribution < 1.29 is 35.6 Å². The molecule has 2 aliphatic carbocycles. The number of amides is 2. The van der Waals surface area contributed by atoms with Crippen molar-refractivity contribution in [3.05, 3.63) is 58.9 Å². The molecule has 0 spiro atoms. The zero-order valence-corrected chi connectivity index (χ0v) is 23.8. The number of carbonyl (C=O) groups is 2. The molecule has 0 unspecified atom stereocenters. The number of hydrogen-bond donors (Lipinski definition) is 2. The number of fused-ring (bicyclic) bond motifs is 1. The number of hydrogen-bond acceptors (Lipinski definition) is 5. The molecule has 222 valence electrons. The lowest BCUT2D eigenvalue weighted by molar-refractivity contribution is -0.137. The lowest BCUT2D eigenvalue weighted by Crippen LogP contribution is -2.49. The van der Waals surface area contributed by atoms with Crippen LogP contribution in [-0.2, 0) is 20.8 Å². The first-order valence-corrected chi connectivity index (χ1v) is 15.6. The molecule has 5 rings (SSSR count). The Kier molecular flexibility index (Phi) is 7.59. The second-order valence-corrected chi connectivity index (χ2v) is 13.9. The van der Waals surface area contributed by atoms with Crippen LogP contribution in [0.3, 0.4) is 0 Å². The molecule has 2 amide bonds. The van der Waals surface area contributed by atoms with Crippen LogP contribution in [0.25, 0.3) is 0 Å². The highest BCUT2D eigenvalue weighted by molar-refractivity contribution is 7.90. The van der Waals surface area contributed by atoms with E-state index in [1.807, 2.05) is 13.8 Å². The van der Waals surface area contributed by atoms with Crippen molar-refractivity contribution in [2.24, 2.45) is 17.8 Å². The molecule has 1 heterocycles. The minimum Gasteiger partial charge on any atom is -0.384 e. The molecule has 2 aromatic carbocycles. The van der Waals surface area contributed by atoms with Crippen LogP contribution in [0.2, 0.25) is 0 Å². The van der Waals surface area contributed by atoms with E-state index in [2.05, 4.69) is 10.6 Å². The Hall–Kier alpha value is -3.15. The van der Waals surface area contributed by atoms with E-state index in [-0.39, 0.29) is 39.8 Å². The number of piperidine rings is 1. The molecule has 1 saturated heterocycles. The number of sulfone groups is 1. The minimum atomic E-state index is -4.69. The number of carbonyl (C=O) groups excluding carboxylic acids is 2. The fourth-order valence-electron chi connectivity index (χ4n) is 5.61. The third kappa shape index (κ3) is 6.22. The summed E-state index contributed by atoms with van der Waals surface area (Å²) in [6.07, 6.45) is -1.15. The quantitative estimate of drug-likeness (QED) is 0.390. The Morgan fingerprint density at radius 2 is 1.78 bits per heavy atom. The topological polar surface area (TPSA) is 95.6 Å². The highest BCUT2D eigenvalue weighted by Crippen LogP contribution is 2.49. The van der Waals surface area contributed by atoms with Crippen LogP contribution in [-0.4, -0.2) is 50.0 Å². The molecule has 12 heteroatoms. The predicted molar refractivity (Wildman–Crippen MR) is 144 cm³/mol. The van der Waals surface area contributed by atoms with Gasteiger partial charge in [-0.3, -0.25) is 9.59 Å². The summed E-state index contributed by atoms with van der Waals surface area (Å²) in [7, 11) is -3.61. The average molecular weight is 596 g/mol. The van der Waals surface area contributed by atoms with Crippen molar-refractivity contribution in [3.8, 4) is 0 Å². The van der Waals surface area contributed by atoms with E-state index in [1.165, 1.54) is 17.0 Å². The van der Waals surface area contributed by atoms with Crippen LogP contribution in [0.5, 0.6) is 0 Å². The van der Waals surface area contributed by atoms with E-state index in [9.17, 15) is 35.6 Å². The van der Waals surface area contributed by atoms with Crippen molar-refractivity contribution in [2.45, 2.75) is 68.7 Å². The van der Waals surface area contributed by atoms with E-state index >= 15 is 0 Å². The number of anilines is 1. The van der Waals surface area contributed by atoms with E-state index < -0.39 is 51.3 Å². The monoisotopic (exact) mass is 595 g/mol. The zero-order valence-electron chi connectivity index (χ0n) is 23.0. The third-order valence-electron chi connectivity index (χ3n) is 8.05. The van der Waals surface area contributed by atoms with Gasteiger partial charge in [-0.15, -0.1) is 0 Å². The van der Waals surface area contributed by atoms with E-state index in [4.69, 9.17) is 0 Å². The van der Waals surface area contributed by atoms with Crippen molar-refractivity contribution in [1.82, 2.24) is 10.2 Å². The van der Waals surface area contributed by atoms with Gasteiger partial charge in [-0.25, -0.2) is 12.8 Å². The van der Waals surface area contributed by atoms with Gasteiger partial charge in [-0.05, 0) is 73.8 Å². The molecule has 4 atom stereocenters. The fourth-order valence-corrected chi connectivity index (χ4v) is 6.25. The molecular weight excluding hydrogens is 562 g/mol. The number of halogens is 4. The standard InChI is InChI=1S/C29H33F4N3O4S/c1-15(2)14-34-23-9-7-19(41(3,39)40)13-21(23)28(38)36-24-10-17(24)11-25(36)27(37)35-26(16-4-5-16)20-8-6-18(12-22(20)30)29(31,32)33/h6-9,12-13,15-17,24-26,34H,4-5,10-11,14H2,1-3H3,(H,35,37)/t17-,24-,25-,26-/m1/s1. The summed E-state index contributed by atoms with van der Waals surface area (Å²) in [5.74, 6) is -1.79. The minimum absolute atomic E-state index is 0.0177. The number of rotatable bonds is 9. The molecule has 3 aliphatic rings. The van der Waals surface area contributed by atoms with Crippen LogP contribution < -0.4 is 10.6 Å². The molecule has 0 radical (unpaired) electrons. The summed E-state index contributed by atoms with van der Waals surface area (Å²) >= 11 is 0. The summed E-state index contributed by atoms with van der Waals surface area (Å²) in [5.41, 5.74) is -0.519. The normalized spacial score (nSPS) is 22.8. The molecule has 41 heavy (non-hydrogen) atoms. The van der Waals surface area contributed by atoms with Gasteiger partial charge in [0, 0.05) is 30.1 Å². The first kappa shape index (κ1) is 29.3. The van der Waals surface area contributed by atoms with Crippen molar-refractivity contribution in [2.75, 3.05) is 18.1 Å². The van der Waals surface area contributed by atoms with Crippen LogP contribution in [0.15, 0.2) is 41.3 Å². The molecule has 2 N–H and O–H groups in total. The van der Waals surface area contributed by atoms with Crippen LogP contribution >= 0.6 is 0 Å². The van der Waals surface area contributed by atoms with Gasteiger partial charge in [0.2, 0.25) is 5.91 Å². The highest BCUT2D eigenvalue weighted by atomic mass is 32.2. The molecule has 7 nitrogen and oxygen atoms in total. The van der Waals surface area contributed by atoms with E-state index in [0.29, 0.717) is 37.6 Å². The molecule has 3 fully saturated rings. The van der Waals surface area contributed by atoms with Crippen LogP contribution in [0.4, 0.5) is 23.2 Å². The largest absolute Gasteiger partial charge is 0.416 e. The summed E-state index contributed by atoms with van der Waals surface area (Å²) in [4.78, 5) is 29.1. The predicted octanol–water partition coefficient (Wildman–Crippen LogP) is 5.19. The third-order valence-corrected chi connectivity index (χ3v) is 9.16. The van der Waals surface area contributed by atoms with Gasteiger partial charge >= 0.3 is 6.18 Å². The molecular formula is C29H33F4N3O4S. The number of alkyl halides is 3. The van der Waals surface area contributed by atoms with Crippen molar-refractivity contribution in [3.63, 3.8) is 0 Å². The molecule has 1 aliphatic heterocycles. The highest BCUT2D eigenvalue weighted by Gasteiger charge is 2.56. The molecule has 2 saturated carbocycles. The Balaban J connectivity index is 1.42. The van der Waals surface area contributed by atoms with Gasteiger partial charge in [-0.2, -0.15) is 13.2 Å². The molecule has 0 aromatic heterocycles. The smallest absolute Gasteiger partial charge is 0.384 e. The van der Waals surface area contributed by atoms with Gasteiger partial charge in [0.25, 0.3) is 5.91 Å². The average Bonchev–Trinajstić information content (AvgIpc) is 3.82. The summed E-state index contributed by atoms with van der Waals surface area (Å²) < 4.78 is 78.7. The summed E-state index contributed by atoms with van der Waals surface area (Å²) in [6, 6.07) is 4.76. The van der Waals surface area contributed by atoms with Crippen LogP contribution in [0, 0.1) is 23.6 Å². The Bertz CT molecular complexity index is 1470.